The van der Waals surface area contributed by atoms with Gasteiger partial charge in [0.2, 0.25) is 0 Å². The number of carbonyl (C=O) groups is 2. The minimum Gasteiger partial charge on any atom is -0.349 e. The van der Waals surface area contributed by atoms with E-state index in [4.69, 9.17) is 0 Å². The molecule has 0 spiro atoms. The Bertz CT molecular complexity index is 1460. The van der Waals surface area contributed by atoms with E-state index < -0.39 is 0 Å². The van der Waals surface area contributed by atoms with Crippen LogP contribution in [0.5, 0.6) is 0 Å². The lowest BCUT2D eigenvalue weighted by molar-refractivity contribution is 0.0785. The van der Waals surface area contributed by atoms with Crippen LogP contribution in [0.15, 0.2) is 66.0 Å². The van der Waals surface area contributed by atoms with Gasteiger partial charge in [0.05, 0.1) is 11.4 Å². The highest BCUT2D eigenvalue weighted by Crippen LogP contribution is 2.29. The van der Waals surface area contributed by atoms with Gasteiger partial charge in [0.15, 0.2) is 5.82 Å². The van der Waals surface area contributed by atoms with Crippen LogP contribution >= 0.6 is 11.8 Å². The number of anilines is 2. The highest BCUT2D eigenvalue weighted by Gasteiger charge is 2.25. The van der Waals surface area contributed by atoms with Gasteiger partial charge in [0, 0.05) is 34.9 Å². The van der Waals surface area contributed by atoms with Crippen molar-refractivity contribution < 1.29 is 9.59 Å². The molecular weight excluding hydrogens is 496 g/mol. The molecule has 5 rings (SSSR count). The Kier molecular flexibility index (Phi) is 7.64. The molecule has 2 aromatic carbocycles. The zero-order chi connectivity index (χ0) is 26.6. The molecule has 2 N–H and O–H groups in total. The maximum absolute atomic E-state index is 13.7. The van der Waals surface area contributed by atoms with Gasteiger partial charge in [-0.05, 0) is 68.5 Å². The average Bonchev–Trinajstić information content (AvgIpc) is 3.68. The van der Waals surface area contributed by atoms with Crippen molar-refractivity contribution in [1.82, 2.24) is 24.8 Å². The number of nitrogens with zero attached hydrogens (tertiary/aromatic N) is 4. The molecule has 38 heavy (non-hydrogen) atoms. The fourth-order valence-corrected chi connectivity index (χ4v) is 5.22. The maximum atomic E-state index is 13.7. The molecule has 2 amide bonds. The summed E-state index contributed by atoms with van der Waals surface area (Å²) in [6.45, 7) is 6.65. The van der Waals surface area contributed by atoms with E-state index >= 15 is 0 Å². The number of amides is 2. The van der Waals surface area contributed by atoms with Crippen molar-refractivity contribution in [3.63, 3.8) is 0 Å². The molecule has 196 valence electrons. The second-order valence-electron chi connectivity index (χ2n) is 9.63. The summed E-state index contributed by atoms with van der Waals surface area (Å²) >= 11 is 1.65. The number of benzene rings is 2. The zero-order valence-corrected chi connectivity index (χ0v) is 22.7. The first-order valence-corrected chi connectivity index (χ1v) is 13.9. The van der Waals surface area contributed by atoms with Crippen molar-refractivity contribution in [3.05, 3.63) is 83.3 Å². The second kappa shape index (κ2) is 11.3. The molecule has 2 aromatic heterocycles. The summed E-state index contributed by atoms with van der Waals surface area (Å²) in [6, 6.07) is 16.0. The van der Waals surface area contributed by atoms with Crippen LogP contribution in [-0.4, -0.2) is 49.8 Å². The maximum Gasteiger partial charge on any atom is 0.256 e. The minimum absolute atomic E-state index is 0.0286. The standard InChI is InChI=1S/C29H32N6O2S/c1-4-14-34(18-38-23-8-6-5-7-9-23)29(37)24-16-35-26(20(24)3)27(30-17-31-35)33-25-15-21(11-10-19(25)2)28(36)32-22-12-13-22/h5-11,15-17,22H,4,12-14,18H2,1-3H3,(H,32,36)(H,30,31,33). The van der Waals surface area contributed by atoms with Crippen molar-refractivity contribution in [2.24, 2.45) is 0 Å². The number of aryl methyl sites for hydroxylation is 2. The molecule has 4 aromatic rings. The first-order chi connectivity index (χ1) is 18.4. The highest BCUT2D eigenvalue weighted by atomic mass is 32.2. The Hall–Kier alpha value is -3.85. The summed E-state index contributed by atoms with van der Waals surface area (Å²) in [5, 5.41) is 10.8. The molecule has 1 fully saturated rings. The summed E-state index contributed by atoms with van der Waals surface area (Å²) in [7, 11) is 0. The van der Waals surface area contributed by atoms with Crippen molar-refractivity contribution in [2.45, 2.75) is 51.0 Å². The fourth-order valence-electron chi connectivity index (χ4n) is 4.32. The number of fused-ring (bicyclic) bond motifs is 1. The normalized spacial score (nSPS) is 12.9. The SMILES string of the molecule is CCCN(CSc1ccccc1)C(=O)c1cn2ncnc(Nc3cc(C(=O)NC4CC4)ccc3C)c2c1C. The number of carbonyl (C=O) groups excluding carboxylic acids is 2. The molecule has 2 heterocycles. The van der Waals surface area contributed by atoms with Gasteiger partial charge in [-0.3, -0.25) is 9.59 Å². The van der Waals surface area contributed by atoms with E-state index in [1.807, 2.05) is 55.1 Å². The van der Waals surface area contributed by atoms with Crippen molar-refractivity contribution in [1.29, 1.82) is 0 Å². The largest absolute Gasteiger partial charge is 0.349 e. The molecule has 0 atom stereocenters. The fraction of sp³-hybridized carbons (Fsp3) is 0.310. The number of hydrogen-bond donors (Lipinski definition) is 2. The van der Waals surface area contributed by atoms with E-state index in [1.165, 1.54) is 6.33 Å². The summed E-state index contributed by atoms with van der Waals surface area (Å²) in [4.78, 5) is 33.8. The van der Waals surface area contributed by atoms with Crippen LogP contribution in [0.2, 0.25) is 0 Å². The first-order valence-electron chi connectivity index (χ1n) is 12.9. The van der Waals surface area contributed by atoms with Crippen LogP contribution in [0, 0.1) is 13.8 Å². The summed E-state index contributed by atoms with van der Waals surface area (Å²) in [5.74, 6) is 1.05. The lowest BCUT2D eigenvalue weighted by Gasteiger charge is -2.21. The molecule has 1 saturated carbocycles. The topological polar surface area (TPSA) is 91.6 Å². The third-order valence-corrected chi connectivity index (χ3v) is 7.68. The van der Waals surface area contributed by atoms with Gasteiger partial charge in [-0.2, -0.15) is 5.10 Å². The highest BCUT2D eigenvalue weighted by molar-refractivity contribution is 7.99. The van der Waals surface area contributed by atoms with Gasteiger partial charge in [0.25, 0.3) is 11.8 Å². The van der Waals surface area contributed by atoms with Crippen LogP contribution in [0.3, 0.4) is 0 Å². The molecule has 8 nitrogen and oxygen atoms in total. The third kappa shape index (κ3) is 5.67. The average molecular weight is 529 g/mol. The summed E-state index contributed by atoms with van der Waals surface area (Å²) in [6.07, 6.45) is 6.19. The minimum atomic E-state index is -0.0699. The molecule has 0 aliphatic heterocycles. The Morgan fingerprint density at radius 2 is 1.92 bits per heavy atom. The monoisotopic (exact) mass is 528 g/mol. The second-order valence-corrected chi connectivity index (χ2v) is 10.6. The first kappa shape index (κ1) is 25.8. The Morgan fingerprint density at radius 1 is 1.13 bits per heavy atom. The number of hydrogen-bond acceptors (Lipinski definition) is 6. The van der Waals surface area contributed by atoms with Gasteiger partial charge in [0.1, 0.15) is 11.8 Å². The lowest BCUT2D eigenvalue weighted by Crippen LogP contribution is -2.31. The third-order valence-electron chi connectivity index (χ3n) is 6.63. The molecular formula is C29H32N6O2S. The number of aromatic nitrogens is 3. The van der Waals surface area contributed by atoms with E-state index in [1.54, 1.807) is 22.5 Å². The quantitative estimate of drug-likeness (QED) is 0.206. The molecule has 9 heteroatoms. The van der Waals surface area contributed by atoms with Crippen LogP contribution in [-0.2, 0) is 0 Å². The number of nitrogens with one attached hydrogen (secondary N) is 2. The Labute approximate surface area is 226 Å². The number of rotatable bonds is 10. The van der Waals surface area contributed by atoms with E-state index in [0.29, 0.717) is 35.4 Å². The van der Waals surface area contributed by atoms with Gasteiger partial charge in [-0.1, -0.05) is 31.2 Å². The summed E-state index contributed by atoms with van der Waals surface area (Å²) < 4.78 is 1.70. The molecule has 1 aliphatic rings. The molecule has 1 aliphatic carbocycles. The molecule has 0 unspecified atom stereocenters. The Balaban J connectivity index is 1.41. The van der Waals surface area contributed by atoms with E-state index in [2.05, 4.69) is 39.8 Å². The molecule has 0 bridgehead atoms. The molecule has 0 radical (unpaired) electrons. The van der Waals surface area contributed by atoms with Crippen molar-refractivity contribution in [3.8, 4) is 0 Å². The predicted octanol–water partition coefficient (Wildman–Crippen LogP) is 5.58. The van der Waals surface area contributed by atoms with Crippen molar-refractivity contribution in [2.75, 3.05) is 17.7 Å². The van der Waals surface area contributed by atoms with Crippen LogP contribution in [0.1, 0.15) is 58.0 Å². The van der Waals surface area contributed by atoms with Crippen molar-refractivity contribution >= 4 is 40.6 Å². The van der Waals surface area contributed by atoms with Gasteiger partial charge >= 0.3 is 0 Å². The predicted molar refractivity (Wildman–Crippen MR) is 151 cm³/mol. The smallest absolute Gasteiger partial charge is 0.256 e. The van der Waals surface area contributed by atoms with Crippen LogP contribution < -0.4 is 10.6 Å². The van der Waals surface area contributed by atoms with Gasteiger partial charge < -0.3 is 15.5 Å². The lowest BCUT2D eigenvalue weighted by atomic mass is 10.1. The molecule has 0 saturated heterocycles. The van der Waals surface area contributed by atoms with Crippen LogP contribution in [0.4, 0.5) is 11.5 Å². The van der Waals surface area contributed by atoms with E-state index in [0.717, 1.165) is 46.5 Å². The van der Waals surface area contributed by atoms with E-state index in [9.17, 15) is 9.59 Å². The number of thioether (sulfide) groups is 1. The zero-order valence-electron chi connectivity index (χ0n) is 21.9. The van der Waals surface area contributed by atoms with E-state index in [-0.39, 0.29) is 11.8 Å². The van der Waals surface area contributed by atoms with Gasteiger partial charge in [-0.15, -0.1) is 11.8 Å². The van der Waals surface area contributed by atoms with Gasteiger partial charge in [-0.25, -0.2) is 9.50 Å². The Morgan fingerprint density at radius 3 is 2.66 bits per heavy atom. The van der Waals surface area contributed by atoms with Crippen LogP contribution in [0.25, 0.3) is 5.52 Å². The summed E-state index contributed by atoms with van der Waals surface area (Å²) in [5.41, 5.74) is 4.51.